The van der Waals surface area contributed by atoms with Crippen LogP contribution in [0.15, 0.2) is 54.6 Å². The van der Waals surface area contributed by atoms with Crippen LogP contribution in [0.25, 0.3) is 22.3 Å². The smallest absolute Gasteiger partial charge is 0.242 e. The summed E-state index contributed by atoms with van der Waals surface area (Å²) in [7, 11) is 0. The van der Waals surface area contributed by atoms with Crippen molar-refractivity contribution in [3.8, 4) is 11.4 Å². The number of aromatic nitrogens is 2. The molecule has 0 aliphatic carbocycles. The maximum absolute atomic E-state index is 12.5. The molecule has 2 N–H and O–H groups in total. The topological polar surface area (TPSA) is 70.2 Å². The van der Waals surface area contributed by atoms with Crippen LogP contribution in [-0.4, -0.2) is 53.5 Å². The Bertz CT molecular complexity index is 906. The van der Waals surface area contributed by atoms with E-state index in [2.05, 4.69) is 20.6 Å². The van der Waals surface area contributed by atoms with Gasteiger partial charge in [-0.15, -0.1) is 0 Å². The van der Waals surface area contributed by atoms with E-state index in [9.17, 15) is 4.79 Å². The third-order valence-electron chi connectivity index (χ3n) is 4.51. The van der Waals surface area contributed by atoms with E-state index >= 15 is 0 Å². The predicted octanol–water partition coefficient (Wildman–Crippen LogP) is 2.14. The van der Waals surface area contributed by atoms with Crippen molar-refractivity contribution < 1.29 is 4.79 Å². The minimum Gasteiger partial charge on any atom is -0.360 e. The van der Waals surface area contributed by atoms with Crippen LogP contribution in [0.1, 0.15) is 0 Å². The number of carbonyl (C=O) groups is 1. The molecule has 0 saturated carbocycles. The fourth-order valence-electron chi connectivity index (χ4n) is 3.11. The Balaban J connectivity index is 1.61. The number of fused-ring (bicyclic) bond motifs is 1. The number of carbonyl (C=O) groups excluding carboxylic acids is 1. The Labute approximate surface area is 152 Å². The van der Waals surface area contributed by atoms with E-state index in [-0.39, 0.29) is 12.5 Å². The summed E-state index contributed by atoms with van der Waals surface area (Å²) in [6.45, 7) is 3.43. The van der Waals surface area contributed by atoms with Gasteiger partial charge in [0.1, 0.15) is 5.82 Å². The highest BCUT2D eigenvalue weighted by Crippen LogP contribution is 2.24. The Morgan fingerprint density at radius 3 is 2.54 bits per heavy atom. The second-order valence-electron chi connectivity index (χ2n) is 6.26. The first-order chi connectivity index (χ1) is 12.8. The van der Waals surface area contributed by atoms with Gasteiger partial charge in [-0.2, -0.15) is 0 Å². The van der Waals surface area contributed by atoms with Crippen LogP contribution in [0.5, 0.6) is 0 Å². The van der Waals surface area contributed by atoms with E-state index < -0.39 is 0 Å². The molecule has 26 heavy (non-hydrogen) atoms. The minimum absolute atomic E-state index is 0.0930. The van der Waals surface area contributed by atoms with Gasteiger partial charge in [-0.25, -0.2) is 9.97 Å². The molecule has 0 radical (unpaired) electrons. The van der Waals surface area contributed by atoms with E-state index in [0.29, 0.717) is 11.6 Å². The van der Waals surface area contributed by atoms with Gasteiger partial charge in [-0.1, -0.05) is 42.5 Å². The van der Waals surface area contributed by atoms with E-state index in [1.807, 2.05) is 59.5 Å². The maximum Gasteiger partial charge on any atom is 0.242 e. The normalized spacial score (nSPS) is 14.4. The number of nitrogens with zero attached hydrogens (tertiary/aromatic N) is 3. The quantitative estimate of drug-likeness (QED) is 0.757. The van der Waals surface area contributed by atoms with E-state index in [1.165, 1.54) is 0 Å². The molecule has 132 valence electrons. The summed E-state index contributed by atoms with van der Waals surface area (Å²) in [4.78, 5) is 23.7. The highest BCUT2D eigenvalue weighted by atomic mass is 16.2. The van der Waals surface area contributed by atoms with Gasteiger partial charge in [0.2, 0.25) is 5.91 Å². The lowest BCUT2D eigenvalue weighted by Gasteiger charge is -2.27. The summed E-state index contributed by atoms with van der Waals surface area (Å²) in [5.74, 6) is 1.44. The Kier molecular flexibility index (Phi) is 4.75. The van der Waals surface area contributed by atoms with E-state index in [4.69, 9.17) is 0 Å². The maximum atomic E-state index is 12.5. The van der Waals surface area contributed by atoms with Crippen molar-refractivity contribution in [1.29, 1.82) is 0 Å². The largest absolute Gasteiger partial charge is 0.360 e. The van der Waals surface area contributed by atoms with Crippen LogP contribution in [0.2, 0.25) is 0 Å². The third-order valence-corrected chi connectivity index (χ3v) is 4.51. The second-order valence-corrected chi connectivity index (χ2v) is 6.26. The van der Waals surface area contributed by atoms with Crippen LogP contribution in [0, 0.1) is 0 Å². The third kappa shape index (κ3) is 3.50. The zero-order valence-corrected chi connectivity index (χ0v) is 14.5. The Morgan fingerprint density at radius 1 is 1.00 bits per heavy atom. The number of anilines is 1. The highest BCUT2D eigenvalue weighted by Gasteiger charge is 2.17. The number of nitrogens with one attached hydrogen (secondary N) is 2. The molecule has 4 rings (SSSR count). The number of para-hydroxylation sites is 1. The van der Waals surface area contributed by atoms with Gasteiger partial charge in [0, 0.05) is 37.1 Å². The summed E-state index contributed by atoms with van der Waals surface area (Å²) in [5, 5.41) is 7.41. The van der Waals surface area contributed by atoms with Crippen LogP contribution in [0.3, 0.4) is 0 Å². The standard InChI is InChI=1S/C20H21N5O/c26-18(25-12-10-21-11-13-25)14-22-20-16-8-4-5-9-17(16)23-19(24-20)15-6-2-1-3-7-15/h1-9,21H,10-14H2,(H,22,23,24). The Morgan fingerprint density at radius 2 is 1.73 bits per heavy atom. The molecule has 1 amide bonds. The van der Waals surface area contributed by atoms with Crippen molar-refractivity contribution >= 4 is 22.6 Å². The van der Waals surface area contributed by atoms with Gasteiger partial charge in [0.05, 0.1) is 12.1 Å². The van der Waals surface area contributed by atoms with E-state index in [1.54, 1.807) is 0 Å². The van der Waals surface area contributed by atoms with Gasteiger partial charge in [-0.3, -0.25) is 4.79 Å². The summed E-state index contributed by atoms with van der Waals surface area (Å²) < 4.78 is 0. The van der Waals surface area contributed by atoms with Gasteiger partial charge in [0.25, 0.3) is 0 Å². The minimum atomic E-state index is 0.0930. The molecule has 1 aliphatic heterocycles. The van der Waals surface area contributed by atoms with Crippen molar-refractivity contribution in [2.24, 2.45) is 0 Å². The van der Waals surface area contributed by atoms with Crippen molar-refractivity contribution in [1.82, 2.24) is 20.2 Å². The predicted molar refractivity (Wildman–Crippen MR) is 103 cm³/mol. The molecule has 1 fully saturated rings. The number of benzene rings is 2. The lowest BCUT2D eigenvalue weighted by atomic mass is 10.2. The SMILES string of the molecule is O=C(CNc1nc(-c2ccccc2)nc2ccccc12)N1CCNCC1. The van der Waals surface area contributed by atoms with Crippen LogP contribution < -0.4 is 10.6 Å². The molecular weight excluding hydrogens is 326 g/mol. The zero-order valence-electron chi connectivity index (χ0n) is 14.5. The summed E-state index contributed by atoms with van der Waals surface area (Å²) in [6, 6.07) is 17.7. The summed E-state index contributed by atoms with van der Waals surface area (Å²) in [5.41, 5.74) is 1.81. The van der Waals surface area contributed by atoms with Crippen molar-refractivity contribution in [3.05, 3.63) is 54.6 Å². The number of rotatable bonds is 4. The molecular formula is C20H21N5O. The molecule has 0 bridgehead atoms. The number of piperazine rings is 1. The molecule has 2 heterocycles. The lowest BCUT2D eigenvalue weighted by molar-refractivity contribution is -0.129. The number of amides is 1. The second kappa shape index (κ2) is 7.49. The van der Waals surface area contributed by atoms with Gasteiger partial charge in [-0.05, 0) is 12.1 Å². The molecule has 0 spiro atoms. The first kappa shape index (κ1) is 16.5. The zero-order chi connectivity index (χ0) is 17.8. The highest BCUT2D eigenvalue weighted by molar-refractivity contribution is 5.92. The first-order valence-electron chi connectivity index (χ1n) is 8.86. The number of hydrogen-bond acceptors (Lipinski definition) is 5. The molecule has 1 aliphatic rings. The molecule has 3 aromatic rings. The average Bonchev–Trinajstić information content (AvgIpc) is 2.73. The van der Waals surface area contributed by atoms with Gasteiger partial charge in [0.15, 0.2) is 5.82 Å². The lowest BCUT2D eigenvalue weighted by Crippen LogP contribution is -2.48. The fraction of sp³-hybridized carbons (Fsp3) is 0.250. The van der Waals surface area contributed by atoms with Crippen molar-refractivity contribution in [2.45, 2.75) is 0 Å². The van der Waals surface area contributed by atoms with Crippen LogP contribution >= 0.6 is 0 Å². The van der Waals surface area contributed by atoms with Crippen LogP contribution in [0.4, 0.5) is 5.82 Å². The van der Waals surface area contributed by atoms with Crippen LogP contribution in [-0.2, 0) is 4.79 Å². The Hall–Kier alpha value is -2.99. The molecule has 6 heteroatoms. The van der Waals surface area contributed by atoms with Crippen molar-refractivity contribution in [3.63, 3.8) is 0 Å². The first-order valence-corrected chi connectivity index (χ1v) is 8.86. The molecule has 1 saturated heterocycles. The van der Waals surface area contributed by atoms with Gasteiger partial charge < -0.3 is 15.5 Å². The summed E-state index contributed by atoms with van der Waals surface area (Å²) in [6.07, 6.45) is 0. The van der Waals surface area contributed by atoms with Gasteiger partial charge >= 0.3 is 0 Å². The average molecular weight is 347 g/mol. The molecule has 0 atom stereocenters. The number of hydrogen-bond donors (Lipinski definition) is 2. The van der Waals surface area contributed by atoms with Crippen molar-refractivity contribution in [2.75, 3.05) is 38.0 Å². The molecule has 1 aromatic heterocycles. The molecule has 0 unspecified atom stereocenters. The molecule has 2 aromatic carbocycles. The summed E-state index contributed by atoms with van der Waals surface area (Å²) >= 11 is 0. The monoisotopic (exact) mass is 347 g/mol. The fourth-order valence-corrected chi connectivity index (χ4v) is 3.11. The molecule has 6 nitrogen and oxygen atoms in total. The van der Waals surface area contributed by atoms with E-state index in [0.717, 1.165) is 42.6 Å².